The van der Waals surface area contributed by atoms with E-state index in [9.17, 15) is 4.79 Å². The molecule has 19 heavy (non-hydrogen) atoms. The topological polar surface area (TPSA) is 63.2 Å². The number of hydrogen-bond donors (Lipinski definition) is 2. The van der Waals surface area contributed by atoms with Gasteiger partial charge in [-0.2, -0.15) is 0 Å². The Balaban J connectivity index is 1.89. The first-order chi connectivity index (χ1) is 9.22. The zero-order valence-electron chi connectivity index (χ0n) is 11.5. The van der Waals surface area contributed by atoms with E-state index in [0.717, 1.165) is 17.7 Å². The zero-order chi connectivity index (χ0) is 13.7. The number of pyridine rings is 1. The predicted molar refractivity (Wildman–Crippen MR) is 72.6 cm³/mol. The van der Waals surface area contributed by atoms with Crippen LogP contribution in [0.4, 0.5) is 0 Å². The molecule has 1 aliphatic heterocycles. The molecule has 2 rings (SSSR count). The van der Waals surface area contributed by atoms with Crippen molar-refractivity contribution < 1.29 is 9.53 Å². The number of rotatable bonds is 5. The molecule has 1 aromatic rings. The summed E-state index contributed by atoms with van der Waals surface area (Å²) >= 11 is 0. The summed E-state index contributed by atoms with van der Waals surface area (Å²) in [5.41, 5.74) is 2.19. The Morgan fingerprint density at radius 1 is 1.53 bits per heavy atom. The molecule has 2 atom stereocenters. The molecule has 0 spiro atoms. The minimum Gasteiger partial charge on any atom is -0.379 e. The van der Waals surface area contributed by atoms with Crippen molar-refractivity contribution in [3.05, 3.63) is 29.6 Å². The summed E-state index contributed by atoms with van der Waals surface area (Å²) in [6, 6.07) is 2.06. The molecule has 0 aromatic carbocycles. The van der Waals surface area contributed by atoms with E-state index in [1.54, 1.807) is 6.20 Å². The number of nitrogens with zero attached hydrogens (tertiary/aromatic N) is 1. The molecular weight excluding hydrogens is 242 g/mol. The molecule has 5 heteroatoms. The molecule has 1 amide bonds. The standard InChI is InChI=1S/C14H21N3O2/c1-3-16-13-9-19-8-12(13)14(18)17-7-11-4-5-15-6-10(11)2/h4-6,12-13,16H,3,7-9H2,1-2H3,(H,17,18). The molecular formula is C14H21N3O2. The van der Waals surface area contributed by atoms with Gasteiger partial charge in [0.1, 0.15) is 0 Å². The van der Waals surface area contributed by atoms with E-state index in [2.05, 4.69) is 15.6 Å². The highest BCUT2D eigenvalue weighted by Gasteiger charge is 2.33. The van der Waals surface area contributed by atoms with Crippen LogP contribution >= 0.6 is 0 Å². The Kier molecular flexibility index (Phi) is 4.87. The van der Waals surface area contributed by atoms with E-state index in [1.807, 2.05) is 26.1 Å². The maximum Gasteiger partial charge on any atom is 0.227 e. The molecule has 0 radical (unpaired) electrons. The lowest BCUT2D eigenvalue weighted by Crippen LogP contribution is -2.43. The Hall–Kier alpha value is -1.46. The van der Waals surface area contributed by atoms with Crippen LogP contribution in [0.2, 0.25) is 0 Å². The van der Waals surface area contributed by atoms with Gasteiger partial charge in [0.2, 0.25) is 5.91 Å². The summed E-state index contributed by atoms with van der Waals surface area (Å²) in [7, 11) is 0. The molecule has 0 bridgehead atoms. The van der Waals surface area contributed by atoms with E-state index in [4.69, 9.17) is 4.74 Å². The van der Waals surface area contributed by atoms with Gasteiger partial charge in [-0.3, -0.25) is 9.78 Å². The summed E-state index contributed by atoms with van der Waals surface area (Å²) in [4.78, 5) is 16.2. The van der Waals surface area contributed by atoms with Crippen molar-refractivity contribution in [2.45, 2.75) is 26.4 Å². The molecule has 2 heterocycles. The first-order valence-corrected chi connectivity index (χ1v) is 6.70. The highest BCUT2D eigenvalue weighted by atomic mass is 16.5. The molecule has 0 saturated carbocycles. The van der Waals surface area contributed by atoms with Crippen molar-refractivity contribution in [3.63, 3.8) is 0 Å². The van der Waals surface area contributed by atoms with E-state index in [1.165, 1.54) is 0 Å². The number of amides is 1. The Morgan fingerprint density at radius 3 is 3.11 bits per heavy atom. The Labute approximate surface area is 113 Å². The van der Waals surface area contributed by atoms with Crippen molar-refractivity contribution in [2.24, 2.45) is 5.92 Å². The number of aryl methyl sites for hydroxylation is 1. The maximum absolute atomic E-state index is 12.2. The molecule has 5 nitrogen and oxygen atoms in total. The van der Waals surface area contributed by atoms with Gasteiger partial charge in [-0.05, 0) is 30.7 Å². The van der Waals surface area contributed by atoms with Gasteiger partial charge in [0, 0.05) is 25.0 Å². The number of carbonyl (C=O) groups excluding carboxylic acids is 1. The molecule has 2 N–H and O–H groups in total. The highest BCUT2D eigenvalue weighted by molar-refractivity contribution is 5.79. The summed E-state index contributed by atoms with van der Waals surface area (Å²) in [5.74, 6) is -0.0400. The fourth-order valence-electron chi connectivity index (χ4n) is 2.29. The van der Waals surface area contributed by atoms with Crippen molar-refractivity contribution >= 4 is 5.91 Å². The monoisotopic (exact) mass is 263 g/mol. The SMILES string of the molecule is CCNC1COCC1C(=O)NCc1ccncc1C. The van der Waals surface area contributed by atoms with Crippen LogP contribution in [0.15, 0.2) is 18.5 Å². The van der Waals surface area contributed by atoms with Crippen molar-refractivity contribution in [3.8, 4) is 0 Å². The van der Waals surface area contributed by atoms with Crippen LogP contribution in [-0.2, 0) is 16.1 Å². The molecule has 1 aromatic heterocycles. The third-order valence-corrected chi connectivity index (χ3v) is 3.47. The Morgan fingerprint density at radius 2 is 2.37 bits per heavy atom. The van der Waals surface area contributed by atoms with Gasteiger partial charge >= 0.3 is 0 Å². The summed E-state index contributed by atoms with van der Waals surface area (Å²) in [6.07, 6.45) is 3.55. The van der Waals surface area contributed by atoms with Crippen molar-refractivity contribution in [2.75, 3.05) is 19.8 Å². The van der Waals surface area contributed by atoms with Gasteiger partial charge in [-0.15, -0.1) is 0 Å². The number of carbonyl (C=O) groups is 1. The maximum atomic E-state index is 12.2. The second kappa shape index (κ2) is 6.63. The fraction of sp³-hybridized carbons (Fsp3) is 0.571. The second-order valence-corrected chi connectivity index (χ2v) is 4.83. The quantitative estimate of drug-likeness (QED) is 0.818. The van der Waals surface area contributed by atoms with E-state index >= 15 is 0 Å². The van der Waals surface area contributed by atoms with Gasteiger partial charge in [0.15, 0.2) is 0 Å². The van der Waals surface area contributed by atoms with Crippen LogP contribution in [0.3, 0.4) is 0 Å². The van der Waals surface area contributed by atoms with Gasteiger partial charge in [-0.25, -0.2) is 0 Å². The smallest absolute Gasteiger partial charge is 0.227 e. The van der Waals surface area contributed by atoms with E-state index < -0.39 is 0 Å². The number of nitrogens with one attached hydrogen (secondary N) is 2. The summed E-state index contributed by atoms with van der Waals surface area (Å²) in [5, 5.41) is 6.27. The zero-order valence-corrected chi connectivity index (χ0v) is 11.5. The molecule has 2 unspecified atom stereocenters. The minimum atomic E-state index is -0.0953. The van der Waals surface area contributed by atoms with Crippen LogP contribution in [0, 0.1) is 12.8 Å². The van der Waals surface area contributed by atoms with E-state index in [0.29, 0.717) is 19.8 Å². The van der Waals surface area contributed by atoms with Crippen LogP contribution < -0.4 is 10.6 Å². The molecule has 104 valence electrons. The van der Waals surface area contributed by atoms with Gasteiger partial charge in [0.05, 0.1) is 19.1 Å². The first-order valence-electron chi connectivity index (χ1n) is 6.70. The number of likely N-dealkylation sites (N-methyl/N-ethyl adjacent to an activating group) is 1. The van der Waals surface area contributed by atoms with Gasteiger partial charge < -0.3 is 15.4 Å². The number of ether oxygens (including phenoxy) is 1. The third kappa shape index (κ3) is 3.52. The van der Waals surface area contributed by atoms with Crippen molar-refractivity contribution in [1.29, 1.82) is 0 Å². The average Bonchev–Trinajstić information content (AvgIpc) is 2.86. The summed E-state index contributed by atoms with van der Waals surface area (Å²) in [6.45, 7) is 6.53. The lowest BCUT2D eigenvalue weighted by atomic mass is 10.0. The highest BCUT2D eigenvalue weighted by Crippen LogP contribution is 2.14. The third-order valence-electron chi connectivity index (χ3n) is 3.47. The van der Waals surface area contributed by atoms with Crippen LogP contribution in [0.1, 0.15) is 18.1 Å². The largest absolute Gasteiger partial charge is 0.379 e. The van der Waals surface area contributed by atoms with Gasteiger partial charge in [0.25, 0.3) is 0 Å². The lowest BCUT2D eigenvalue weighted by molar-refractivity contribution is -0.125. The van der Waals surface area contributed by atoms with Crippen molar-refractivity contribution in [1.82, 2.24) is 15.6 Å². The minimum absolute atomic E-state index is 0.0552. The normalized spacial score (nSPS) is 22.4. The molecule has 1 fully saturated rings. The second-order valence-electron chi connectivity index (χ2n) is 4.83. The lowest BCUT2D eigenvalue weighted by Gasteiger charge is -2.18. The van der Waals surface area contributed by atoms with Crippen LogP contribution in [-0.4, -0.2) is 36.7 Å². The number of aromatic nitrogens is 1. The number of hydrogen-bond acceptors (Lipinski definition) is 4. The van der Waals surface area contributed by atoms with E-state index in [-0.39, 0.29) is 17.9 Å². The fourth-order valence-corrected chi connectivity index (χ4v) is 2.29. The molecule has 1 aliphatic rings. The van der Waals surface area contributed by atoms with Crippen LogP contribution in [0.5, 0.6) is 0 Å². The predicted octanol–water partition coefficient (Wildman–Crippen LogP) is 0.631. The molecule has 1 saturated heterocycles. The van der Waals surface area contributed by atoms with Crippen LogP contribution in [0.25, 0.3) is 0 Å². The van der Waals surface area contributed by atoms with Gasteiger partial charge in [-0.1, -0.05) is 6.92 Å². The average molecular weight is 263 g/mol. The molecule has 0 aliphatic carbocycles. The first kappa shape index (κ1) is 14.0. The summed E-state index contributed by atoms with van der Waals surface area (Å²) < 4.78 is 5.39. The Bertz CT molecular complexity index is 436.